The molecular formula is C13H18ClNO2. The largest absolute Gasteiger partial charge is 0.460 e. The summed E-state index contributed by atoms with van der Waals surface area (Å²) in [5.41, 5.74) is 0.628. The van der Waals surface area contributed by atoms with Crippen molar-refractivity contribution in [1.82, 2.24) is 4.90 Å². The van der Waals surface area contributed by atoms with Gasteiger partial charge in [0.1, 0.15) is 6.61 Å². The zero-order valence-electron chi connectivity index (χ0n) is 9.96. The van der Waals surface area contributed by atoms with Gasteiger partial charge in [-0.1, -0.05) is 18.2 Å². The molecular weight excluding hydrogens is 238 g/mol. The topological polar surface area (TPSA) is 29.5 Å². The molecule has 2 rings (SSSR count). The molecule has 1 aliphatic rings. The first-order valence-electron chi connectivity index (χ1n) is 5.70. The van der Waals surface area contributed by atoms with Crippen LogP contribution in [0.15, 0.2) is 30.3 Å². The van der Waals surface area contributed by atoms with Gasteiger partial charge in [-0.2, -0.15) is 0 Å². The predicted octanol–water partition coefficient (Wildman–Crippen LogP) is 2.36. The fraction of sp³-hybridized carbons (Fsp3) is 0.462. The van der Waals surface area contributed by atoms with Gasteiger partial charge in [-0.25, -0.2) is 4.79 Å². The lowest BCUT2D eigenvalue weighted by Gasteiger charge is -2.18. The number of likely N-dealkylation sites (N-methyl/N-ethyl adjacent to an activating group) is 1. The molecule has 1 aromatic rings. The summed E-state index contributed by atoms with van der Waals surface area (Å²) < 4.78 is 5.30. The monoisotopic (exact) mass is 255 g/mol. The van der Waals surface area contributed by atoms with Crippen molar-refractivity contribution < 1.29 is 9.53 Å². The molecule has 0 saturated carbocycles. The van der Waals surface area contributed by atoms with Crippen molar-refractivity contribution >= 4 is 18.4 Å². The van der Waals surface area contributed by atoms with Crippen molar-refractivity contribution in [3.05, 3.63) is 35.9 Å². The highest BCUT2D eigenvalue weighted by molar-refractivity contribution is 5.89. The third kappa shape index (κ3) is 3.72. The van der Waals surface area contributed by atoms with Gasteiger partial charge in [0.15, 0.2) is 0 Å². The van der Waals surface area contributed by atoms with Crippen LogP contribution >= 0.6 is 12.4 Å². The van der Waals surface area contributed by atoms with Crippen LogP contribution in [0.1, 0.15) is 23.2 Å². The number of hydrogen-bond donors (Lipinski definition) is 0. The highest BCUT2D eigenvalue weighted by Gasteiger charge is 2.22. The van der Waals surface area contributed by atoms with Crippen molar-refractivity contribution in [1.29, 1.82) is 0 Å². The van der Waals surface area contributed by atoms with Crippen LogP contribution in [0, 0.1) is 0 Å². The summed E-state index contributed by atoms with van der Waals surface area (Å²) in [5.74, 6) is -0.221. The molecule has 0 spiro atoms. The Morgan fingerprint density at radius 3 is 2.71 bits per heavy atom. The summed E-state index contributed by atoms with van der Waals surface area (Å²) in [6.45, 7) is 1.61. The summed E-state index contributed by atoms with van der Waals surface area (Å²) in [5, 5.41) is 0. The number of carbonyl (C=O) groups excluding carboxylic acids is 1. The Kier molecular flexibility index (Phi) is 5.45. The van der Waals surface area contributed by atoms with Gasteiger partial charge in [-0.3, -0.25) is 0 Å². The van der Waals surface area contributed by atoms with Crippen LogP contribution in [0.3, 0.4) is 0 Å². The van der Waals surface area contributed by atoms with E-state index in [2.05, 4.69) is 11.9 Å². The van der Waals surface area contributed by atoms with E-state index in [0.29, 0.717) is 18.2 Å². The minimum Gasteiger partial charge on any atom is -0.460 e. The van der Waals surface area contributed by atoms with Crippen LogP contribution in [-0.4, -0.2) is 37.1 Å². The van der Waals surface area contributed by atoms with E-state index in [9.17, 15) is 4.79 Å². The second-order valence-electron chi connectivity index (χ2n) is 4.24. The zero-order chi connectivity index (χ0) is 11.4. The molecule has 1 aromatic carbocycles. The minimum absolute atomic E-state index is 0. The normalized spacial score (nSPS) is 19.7. The van der Waals surface area contributed by atoms with E-state index in [-0.39, 0.29) is 18.4 Å². The number of nitrogens with zero attached hydrogens (tertiary/aromatic N) is 1. The van der Waals surface area contributed by atoms with E-state index in [1.807, 2.05) is 18.2 Å². The van der Waals surface area contributed by atoms with E-state index < -0.39 is 0 Å². The first-order valence-corrected chi connectivity index (χ1v) is 5.70. The van der Waals surface area contributed by atoms with Crippen LogP contribution in [0.4, 0.5) is 0 Å². The molecule has 1 fully saturated rings. The van der Waals surface area contributed by atoms with Crippen LogP contribution in [0.25, 0.3) is 0 Å². The summed E-state index contributed by atoms with van der Waals surface area (Å²) in [4.78, 5) is 13.9. The fourth-order valence-corrected chi connectivity index (χ4v) is 2.02. The molecule has 1 aliphatic heterocycles. The molecule has 0 aromatic heterocycles. The van der Waals surface area contributed by atoms with E-state index >= 15 is 0 Å². The number of benzene rings is 1. The Bertz CT molecular complexity index is 356. The number of esters is 1. The van der Waals surface area contributed by atoms with Gasteiger partial charge in [-0.05, 0) is 38.6 Å². The van der Waals surface area contributed by atoms with Crippen molar-refractivity contribution in [2.45, 2.75) is 18.9 Å². The number of likely N-dealkylation sites (tertiary alicyclic amines) is 1. The number of hydrogen-bond acceptors (Lipinski definition) is 3. The number of halogens is 1. The standard InChI is InChI=1S/C13H17NO2.ClH/c1-14-9-5-8-12(14)10-16-13(15)11-6-3-2-4-7-11;/h2-4,6-7,12H,5,8-10H2,1H3;1H. The lowest BCUT2D eigenvalue weighted by molar-refractivity contribution is 0.0416. The summed E-state index contributed by atoms with van der Waals surface area (Å²) >= 11 is 0. The maximum atomic E-state index is 11.7. The summed E-state index contributed by atoms with van der Waals surface area (Å²) in [7, 11) is 2.08. The second kappa shape index (κ2) is 6.62. The molecule has 1 heterocycles. The maximum absolute atomic E-state index is 11.7. The van der Waals surface area contributed by atoms with E-state index in [1.54, 1.807) is 12.1 Å². The molecule has 3 nitrogen and oxygen atoms in total. The molecule has 4 heteroatoms. The Morgan fingerprint density at radius 2 is 2.12 bits per heavy atom. The molecule has 0 N–H and O–H groups in total. The quantitative estimate of drug-likeness (QED) is 0.777. The molecule has 0 radical (unpaired) electrons. The maximum Gasteiger partial charge on any atom is 0.338 e. The van der Waals surface area contributed by atoms with E-state index in [1.165, 1.54) is 6.42 Å². The average Bonchev–Trinajstić information content (AvgIpc) is 2.73. The third-order valence-corrected chi connectivity index (χ3v) is 3.09. The van der Waals surface area contributed by atoms with Crippen molar-refractivity contribution in [2.75, 3.05) is 20.2 Å². The summed E-state index contributed by atoms with van der Waals surface area (Å²) in [6, 6.07) is 9.53. The Morgan fingerprint density at radius 1 is 1.41 bits per heavy atom. The lowest BCUT2D eigenvalue weighted by Crippen LogP contribution is -2.30. The smallest absolute Gasteiger partial charge is 0.338 e. The number of carbonyl (C=O) groups is 1. The van der Waals surface area contributed by atoms with Crippen molar-refractivity contribution in [2.24, 2.45) is 0 Å². The van der Waals surface area contributed by atoms with Crippen LogP contribution in [0.5, 0.6) is 0 Å². The van der Waals surface area contributed by atoms with Crippen LogP contribution in [-0.2, 0) is 4.74 Å². The zero-order valence-corrected chi connectivity index (χ0v) is 10.8. The molecule has 1 atom stereocenters. The van der Waals surface area contributed by atoms with E-state index in [0.717, 1.165) is 13.0 Å². The number of rotatable bonds is 3. The van der Waals surface area contributed by atoms with Gasteiger partial charge < -0.3 is 9.64 Å². The predicted molar refractivity (Wildman–Crippen MR) is 69.6 cm³/mol. The Hall–Kier alpha value is -1.06. The van der Waals surface area contributed by atoms with Crippen molar-refractivity contribution in [3.8, 4) is 0 Å². The lowest BCUT2D eigenvalue weighted by atomic mass is 10.2. The van der Waals surface area contributed by atoms with Crippen LogP contribution in [0.2, 0.25) is 0 Å². The van der Waals surface area contributed by atoms with Crippen molar-refractivity contribution in [3.63, 3.8) is 0 Å². The van der Waals surface area contributed by atoms with Gasteiger partial charge in [0.25, 0.3) is 0 Å². The van der Waals surface area contributed by atoms with Gasteiger partial charge in [0.05, 0.1) is 5.56 Å². The van der Waals surface area contributed by atoms with E-state index in [4.69, 9.17) is 4.74 Å². The molecule has 0 bridgehead atoms. The van der Waals surface area contributed by atoms with Gasteiger partial charge >= 0.3 is 5.97 Å². The Labute approximate surface area is 108 Å². The van der Waals surface area contributed by atoms with Gasteiger partial charge in [0, 0.05) is 6.04 Å². The molecule has 0 aliphatic carbocycles. The minimum atomic E-state index is -0.221. The van der Waals surface area contributed by atoms with Gasteiger partial charge in [-0.15, -0.1) is 12.4 Å². The molecule has 1 saturated heterocycles. The molecule has 17 heavy (non-hydrogen) atoms. The van der Waals surface area contributed by atoms with Gasteiger partial charge in [0.2, 0.25) is 0 Å². The SMILES string of the molecule is CN1CCCC1COC(=O)c1ccccc1.Cl. The highest BCUT2D eigenvalue weighted by Crippen LogP contribution is 2.15. The molecule has 94 valence electrons. The number of ether oxygens (including phenoxy) is 1. The highest BCUT2D eigenvalue weighted by atomic mass is 35.5. The third-order valence-electron chi connectivity index (χ3n) is 3.09. The van der Waals surface area contributed by atoms with Crippen LogP contribution < -0.4 is 0 Å². The molecule has 0 amide bonds. The average molecular weight is 256 g/mol. The summed E-state index contributed by atoms with van der Waals surface area (Å²) in [6.07, 6.45) is 2.32. The Balaban J connectivity index is 0.00000144. The first-order chi connectivity index (χ1) is 7.77. The first kappa shape index (κ1) is 14.0. The molecule has 1 unspecified atom stereocenters. The fourth-order valence-electron chi connectivity index (χ4n) is 2.02. The second-order valence-corrected chi connectivity index (χ2v) is 4.24.